The van der Waals surface area contributed by atoms with Gasteiger partial charge in [0.2, 0.25) is 5.95 Å². The molecule has 4 atom stereocenters. The molecule has 1 fully saturated rings. The Balaban J connectivity index is 2.01. The largest absolute Gasteiger partial charge is 0.394 e. The summed E-state index contributed by atoms with van der Waals surface area (Å²) in [6.45, 7) is 3.63. The molecule has 2 aromatic rings. The Morgan fingerprint density at radius 1 is 1.39 bits per heavy atom. The van der Waals surface area contributed by atoms with Crippen molar-refractivity contribution in [3.8, 4) is 0 Å². The van der Waals surface area contributed by atoms with E-state index in [2.05, 4.69) is 26.8 Å². The lowest BCUT2D eigenvalue weighted by Crippen LogP contribution is -2.33. The molecule has 6 N–H and O–H groups in total. The van der Waals surface area contributed by atoms with Crippen molar-refractivity contribution in [1.29, 1.82) is 0 Å². The number of nitrogens with zero attached hydrogens (tertiary/aromatic N) is 4. The number of nitrogens with one attached hydrogen (secondary N) is 1. The number of nitrogen functional groups attached to an aromatic ring is 1. The number of aliphatic hydroxyl groups is 3. The molecule has 124 valence electrons. The summed E-state index contributed by atoms with van der Waals surface area (Å²) in [6, 6.07) is 0. The Morgan fingerprint density at radius 3 is 2.83 bits per heavy atom. The van der Waals surface area contributed by atoms with Gasteiger partial charge in [-0.2, -0.15) is 9.97 Å². The number of aromatic nitrogens is 4. The second kappa shape index (κ2) is 6.08. The average Bonchev–Trinajstić information content (AvgIpc) is 3.08. The van der Waals surface area contributed by atoms with Crippen LogP contribution in [0.5, 0.6) is 0 Å². The summed E-state index contributed by atoms with van der Waals surface area (Å²) in [5.74, 6) is 0.454. The van der Waals surface area contributed by atoms with Gasteiger partial charge in [-0.15, -0.1) is 6.58 Å². The van der Waals surface area contributed by atoms with Crippen LogP contribution in [-0.2, 0) is 4.74 Å². The summed E-state index contributed by atoms with van der Waals surface area (Å²) >= 11 is 0. The molecule has 1 aliphatic heterocycles. The van der Waals surface area contributed by atoms with Crippen LogP contribution in [0.1, 0.15) is 6.23 Å². The van der Waals surface area contributed by atoms with Gasteiger partial charge in [0, 0.05) is 6.54 Å². The first-order chi connectivity index (χ1) is 11.1. The van der Waals surface area contributed by atoms with Gasteiger partial charge < -0.3 is 31.1 Å². The summed E-state index contributed by atoms with van der Waals surface area (Å²) in [6.07, 6.45) is -1.22. The smallest absolute Gasteiger partial charge is 0.227 e. The minimum Gasteiger partial charge on any atom is -0.394 e. The van der Waals surface area contributed by atoms with E-state index in [1.165, 1.54) is 10.9 Å². The third-order valence-corrected chi connectivity index (χ3v) is 3.64. The number of imidazole rings is 1. The molecule has 1 unspecified atom stereocenters. The van der Waals surface area contributed by atoms with Crippen LogP contribution in [0, 0.1) is 0 Å². The number of anilines is 2. The lowest BCUT2D eigenvalue weighted by atomic mass is 10.1. The van der Waals surface area contributed by atoms with E-state index in [1.54, 1.807) is 6.08 Å². The van der Waals surface area contributed by atoms with Gasteiger partial charge in [-0.05, 0) is 0 Å². The van der Waals surface area contributed by atoms with Gasteiger partial charge in [-0.25, -0.2) is 4.98 Å². The van der Waals surface area contributed by atoms with Gasteiger partial charge in [0.15, 0.2) is 17.7 Å². The molecule has 0 aliphatic carbocycles. The van der Waals surface area contributed by atoms with Crippen molar-refractivity contribution < 1.29 is 20.1 Å². The molecule has 0 spiro atoms. The van der Waals surface area contributed by atoms with Gasteiger partial charge in [0.05, 0.1) is 12.9 Å². The van der Waals surface area contributed by atoms with E-state index in [-0.39, 0.29) is 11.8 Å². The second-order valence-corrected chi connectivity index (χ2v) is 5.15. The zero-order valence-electron chi connectivity index (χ0n) is 12.2. The van der Waals surface area contributed by atoms with E-state index in [4.69, 9.17) is 10.5 Å². The predicted octanol–water partition coefficient (Wildman–Crippen LogP) is -1.38. The number of ether oxygens (including phenoxy) is 1. The number of fused-ring (bicyclic) bond motifs is 1. The van der Waals surface area contributed by atoms with Gasteiger partial charge >= 0.3 is 0 Å². The molecule has 3 rings (SSSR count). The van der Waals surface area contributed by atoms with Crippen LogP contribution in [0.3, 0.4) is 0 Å². The number of hydrogen-bond acceptors (Lipinski definition) is 9. The summed E-state index contributed by atoms with van der Waals surface area (Å²) < 4.78 is 6.94. The standard InChI is InChI=1S/C13H18N6O4/c1-2-3-15-13-17-10(14)7-11(18-13)19(5-16-7)12-9(22)8(21)6(4-20)23-12/h2,5-6,8-9,12,20-22H,1,3-4H2,(H3,14,15,17,18)/t6-,8-,9-,12?/m1/s1. The maximum atomic E-state index is 10.1. The van der Waals surface area contributed by atoms with Crippen molar-refractivity contribution in [1.82, 2.24) is 19.5 Å². The zero-order valence-corrected chi connectivity index (χ0v) is 12.2. The molecular formula is C13H18N6O4. The minimum absolute atomic E-state index is 0.173. The summed E-state index contributed by atoms with van der Waals surface area (Å²) in [5, 5.41) is 32.1. The van der Waals surface area contributed by atoms with E-state index >= 15 is 0 Å². The van der Waals surface area contributed by atoms with E-state index in [0.717, 1.165) is 0 Å². The average molecular weight is 322 g/mol. The fraction of sp³-hybridized carbons (Fsp3) is 0.462. The van der Waals surface area contributed by atoms with Crippen LogP contribution < -0.4 is 11.1 Å². The Kier molecular flexibility index (Phi) is 4.13. The molecule has 0 saturated carbocycles. The van der Waals surface area contributed by atoms with Crippen molar-refractivity contribution in [2.75, 3.05) is 24.2 Å². The zero-order chi connectivity index (χ0) is 16.6. The number of aliphatic hydroxyl groups excluding tert-OH is 3. The Morgan fingerprint density at radius 2 is 2.17 bits per heavy atom. The van der Waals surface area contributed by atoms with Crippen LogP contribution >= 0.6 is 0 Å². The highest BCUT2D eigenvalue weighted by Gasteiger charge is 2.44. The third kappa shape index (κ3) is 2.61. The van der Waals surface area contributed by atoms with Gasteiger partial charge in [-0.3, -0.25) is 4.57 Å². The third-order valence-electron chi connectivity index (χ3n) is 3.64. The highest BCUT2D eigenvalue weighted by Crippen LogP contribution is 2.32. The Hall–Kier alpha value is -2.27. The molecule has 1 saturated heterocycles. The van der Waals surface area contributed by atoms with Crippen molar-refractivity contribution in [3.05, 3.63) is 19.0 Å². The van der Waals surface area contributed by atoms with Crippen LogP contribution in [0.25, 0.3) is 11.2 Å². The molecule has 0 radical (unpaired) electrons. The summed E-state index contributed by atoms with van der Waals surface area (Å²) in [7, 11) is 0. The number of rotatable bonds is 5. The molecule has 10 heteroatoms. The normalized spacial score (nSPS) is 27.4. The molecule has 23 heavy (non-hydrogen) atoms. The van der Waals surface area contributed by atoms with Gasteiger partial charge in [0.25, 0.3) is 0 Å². The van der Waals surface area contributed by atoms with Crippen molar-refractivity contribution in [2.45, 2.75) is 24.5 Å². The fourth-order valence-electron chi connectivity index (χ4n) is 2.48. The maximum Gasteiger partial charge on any atom is 0.227 e. The topological polar surface area (TPSA) is 152 Å². The van der Waals surface area contributed by atoms with Crippen LogP contribution in [-0.4, -0.2) is 66.3 Å². The molecule has 1 aliphatic rings. The summed E-state index contributed by atoms with van der Waals surface area (Å²) in [5.41, 5.74) is 6.57. The van der Waals surface area contributed by atoms with E-state index in [1.807, 2.05) is 0 Å². The van der Waals surface area contributed by atoms with Crippen molar-refractivity contribution in [2.24, 2.45) is 0 Å². The quantitative estimate of drug-likeness (QED) is 0.419. The van der Waals surface area contributed by atoms with Crippen molar-refractivity contribution in [3.63, 3.8) is 0 Å². The molecule has 0 amide bonds. The van der Waals surface area contributed by atoms with Crippen LogP contribution in [0.2, 0.25) is 0 Å². The Bertz CT molecular complexity index is 720. The van der Waals surface area contributed by atoms with Crippen LogP contribution in [0.15, 0.2) is 19.0 Å². The maximum absolute atomic E-state index is 10.1. The lowest BCUT2D eigenvalue weighted by molar-refractivity contribution is -0.0511. The van der Waals surface area contributed by atoms with E-state index in [0.29, 0.717) is 17.7 Å². The van der Waals surface area contributed by atoms with E-state index < -0.39 is 31.1 Å². The molecule has 3 heterocycles. The van der Waals surface area contributed by atoms with Crippen LogP contribution in [0.4, 0.5) is 11.8 Å². The molecular weight excluding hydrogens is 304 g/mol. The number of hydrogen-bond donors (Lipinski definition) is 5. The first-order valence-electron chi connectivity index (χ1n) is 7.04. The first kappa shape index (κ1) is 15.6. The van der Waals surface area contributed by atoms with E-state index in [9.17, 15) is 15.3 Å². The predicted molar refractivity (Wildman–Crippen MR) is 81.4 cm³/mol. The van der Waals surface area contributed by atoms with Gasteiger partial charge in [-0.1, -0.05) is 6.08 Å². The summed E-state index contributed by atoms with van der Waals surface area (Å²) in [4.78, 5) is 12.5. The fourth-order valence-corrected chi connectivity index (χ4v) is 2.48. The monoisotopic (exact) mass is 322 g/mol. The Labute approximate surface area is 131 Å². The molecule has 10 nitrogen and oxygen atoms in total. The second-order valence-electron chi connectivity index (χ2n) is 5.15. The minimum atomic E-state index is -1.23. The first-order valence-corrected chi connectivity index (χ1v) is 7.04. The molecule has 0 bridgehead atoms. The lowest BCUT2D eigenvalue weighted by Gasteiger charge is -2.16. The van der Waals surface area contributed by atoms with Gasteiger partial charge in [0.1, 0.15) is 23.8 Å². The van der Waals surface area contributed by atoms with Crippen molar-refractivity contribution >= 4 is 22.9 Å². The molecule has 2 aromatic heterocycles. The molecule has 0 aromatic carbocycles. The SMILES string of the molecule is C=CCNc1nc(N)c2ncn(C3O[C@H](CO)[C@@H](O)[C@H]3O)c2n1. The number of nitrogens with two attached hydrogens (primary N) is 1. The highest BCUT2D eigenvalue weighted by molar-refractivity contribution is 5.83. The highest BCUT2D eigenvalue weighted by atomic mass is 16.6.